The van der Waals surface area contributed by atoms with E-state index < -0.39 is 64.7 Å². The molecule has 0 aliphatic rings. The Labute approximate surface area is 183 Å². The van der Waals surface area contributed by atoms with E-state index >= 15 is 0 Å². The Morgan fingerprint density at radius 2 is 1.67 bits per heavy atom. The number of carbonyl (C=O) groups excluding carboxylic acids is 1. The lowest BCUT2D eigenvalue weighted by Gasteiger charge is -2.16. The van der Waals surface area contributed by atoms with E-state index in [1.54, 1.807) is 0 Å². The van der Waals surface area contributed by atoms with Crippen LogP contribution in [-0.2, 0) is 7.05 Å². The third kappa shape index (κ3) is 4.94. The van der Waals surface area contributed by atoms with E-state index in [9.17, 15) is 31.5 Å². The molecular formula is C21H16F5N3O4. The van der Waals surface area contributed by atoms with Gasteiger partial charge in [0.25, 0.3) is 12.3 Å². The van der Waals surface area contributed by atoms with Crippen molar-refractivity contribution in [2.45, 2.75) is 19.4 Å². The molecule has 12 heteroatoms. The number of nitrogens with one attached hydrogen (secondary N) is 1. The Hall–Kier alpha value is -3.96. The number of ether oxygens (including phenoxy) is 1. The molecule has 0 bridgehead atoms. The van der Waals surface area contributed by atoms with Gasteiger partial charge in [0.15, 0.2) is 17.5 Å². The van der Waals surface area contributed by atoms with Gasteiger partial charge in [0.1, 0.15) is 17.0 Å². The number of aromatic nitrogens is 2. The summed E-state index contributed by atoms with van der Waals surface area (Å²) >= 11 is 0. The largest absolute Gasteiger partial charge is 0.478 e. The summed E-state index contributed by atoms with van der Waals surface area (Å²) in [5, 5.41) is 15.0. The second-order valence-electron chi connectivity index (χ2n) is 6.91. The summed E-state index contributed by atoms with van der Waals surface area (Å²) in [6.07, 6.45) is -3.19. The number of benzene rings is 2. The molecule has 33 heavy (non-hydrogen) atoms. The molecule has 0 aliphatic heterocycles. The number of hydrogen-bond donors (Lipinski definition) is 2. The van der Waals surface area contributed by atoms with E-state index in [2.05, 4.69) is 10.4 Å². The van der Waals surface area contributed by atoms with E-state index in [1.165, 1.54) is 38.2 Å². The van der Waals surface area contributed by atoms with Crippen LogP contribution in [0, 0.1) is 17.5 Å². The second-order valence-corrected chi connectivity index (χ2v) is 6.91. The lowest BCUT2D eigenvalue weighted by molar-refractivity contribution is 0.0696. The number of hydrogen-bond acceptors (Lipinski definition) is 4. The van der Waals surface area contributed by atoms with Crippen LogP contribution in [0.5, 0.6) is 11.6 Å². The molecule has 1 atom stereocenters. The highest BCUT2D eigenvalue weighted by Gasteiger charge is 2.31. The summed E-state index contributed by atoms with van der Waals surface area (Å²) in [6.45, 7) is 1.53. The molecule has 0 aliphatic carbocycles. The zero-order valence-electron chi connectivity index (χ0n) is 17.1. The molecule has 0 saturated heterocycles. The van der Waals surface area contributed by atoms with E-state index in [0.29, 0.717) is 17.7 Å². The number of carboxylic acid groups (broad SMARTS) is 1. The van der Waals surface area contributed by atoms with Crippen LogP contribution in [0.3, 0.4) is 0 Å². The Kier molecular flexibility index (Phi) is 6.65. The van der Waals surface area contributed by atoms with Gasteiger partial charge in [-0.05, 0) is 24.6 Å². The average molecular weight is 469 g/mol. The van der Waals surface area contributed by atoms with Crippen LogP contribution in [-0.4, -0.2) is 26.8 Å². The van der Waals surface area contributed by atoms with E-state index in [-0.39, 0.29) is 5.56 Å². The van der Waals surface area contributed by atoms with Crippen LogP contribution < -0.4 is 10.1 Å². The van der Waals surface area contributed by atoms with Gasteiger partial charge >= 0.3 is 5.97 Å². The summed E-state index contributed by atoms with van der Waals surface area (Å²) in [5.74, 6) is -8.22. The molecule has 1 heterocycles. The maximum absolute atomic E-state index is 13.5. The highest BCUT2D eigenvalue weighted by Crippen LogP contribution is 2.33. The zero-order chi connectivity index (χ0) is 24.4. The highest BCUT2D eigenvalue weighted by atomic mass is 19.3. The first-order valence-electron chi connectivity index (χ1n) is 9.31. The van der Waals surface area contributed by atoms with Gasteiger partial charge in [0.05, 0.1) is 11.6 Å². The van der Waals surface area contributed by atoms with Crippen LogP contribution in [0.2, 0.25) is 0 Å². The van der Waals surface area contributed by atoms with Crippen molar-refractivity contribution in [2.75, 3.05) is 0 Å². The number of nitrogens with zero attached hydrogens (tertiary/aromatic N) is 2. The molecule has 1 unspecified atom stereocenters. The molecule has 2 N–H and O–H groups in total. The van der Waals surface area contributed by atoms with Crippen LogP contribution in [0.1, 0.15) is 51.4 Å². The molecule has 2 aromatic carbocycles. The summed E-state index contributed by atoms with van der Waals surface area (Å²) < 4.78 is 73.3. The van der Waals surface area contributed by atoms with Crippen molar-refractivity contribution in [2.24, 2.45) is 7.05 Å². The molecule has 7 nitrogen and oxygen atoms in total. The number of aromatic carboxylic acids is 1. The van der Waals surface area contributed by atoms with Gasteiger partial charge in [-0.2, -0.15) is 5.10 Å². The molecule has 0 saturated carbocycles. The number of aryl methyl sites for hydroxylation is 1. The molecule has 0 fully saturated rings. The lowest BCUT2D eigenvalue weighted by Crippen LogP contribution is -2.27. The predicted molar refractivity (Wildman–Crippen MR) is 104 cm³/mol. The Bertz CT molecular complexity index is 1190. The highest BCUT2D eigenvalue weighted by molar-refractivity contribution is 5.98. The summed E-state index contributed by atoms with van der Waals surface area (Å²) in [7, 11) is 1.17. The van der Waals surface area contributed by atoms with Gasteiger partial charge < -0.3 is 15.2 Å². The number of halogens is 5. The van der Waals surface area contributed by atoms with Crippen molar-refractivity contribution in [3.05, 3.63) is 76.2 Å². The number of carboxylic acids is 1. The topological polar surface area (TPSA) is 93.5 Å². The van der Waals surface area contributed by atoms with Crippen molar-refractivity contribution in [1.82, 2.24) is 15.1 Å². The van der Waals surface area contributed by atoms with Crippen molar-refractivity contribution in [1.29, 1.82) is 0 Å². The molecule has 0 spiro atoms. The number of carbonyl (C=O) groups is 2. The fourth-order valence-electron chi connectivity index (χ4n) is 2.98. The average Bonchev–Trinajstić information content (AvgIpc) is 3.08. The van der Waals surface area contributed by atoms with Crippen LogP contribution >= 0.6 is 0 Å². The van der Waals surface area contributed by atoms with Gasteiger partial charge in [0, 0.05) is 19.2 Å². The second kappa shape index (κ2) is 9.27. The molecule has 0 radical (unpaired) electrons. The van der Waals surface area contributed by atoms with E-state index in [0.717, 1.165) is 4.68 Å². The Balaban J connectivity index is 1.94. The quantitative estimate of drug-likeness (QED) is 0.385. The van der Waals surface area contributed by atoms with Gasteiger partial charge in [-0.1, -0.05) is 12.1 Å². The monoisotopic (exact) mass is 469 g/mol. The minimum atomic E-state index is -3.19. The predicted octanol–water partition coefficient (Wildman–Crippen LogP) is 4.76. The van der Waals surface area contributed by atoms with Crippen LogP contribution in [0.25, 0.3) is 0 Å². The molecule has 1 aromatic heterocycles. The molecular weight excluding hydrogens is 453 g/mol. The summed E-state index contributed by atoms with van der Waals surface area (Å²) in [4.78, 5) is 23.8. The van der Waals surface area contributed by atoms with Gasteiger partial charge in [0.2, 0.25) is 5.88 Å². The van der Waals surface area contributed by atoms with E-state index in [4.69, 9.17) is 9.84 Å². The minimum absolute atomic E-state index is 0.0129. The minimum Gasteiger partial charge on any atom is -0.478 e. The van der Waals surface area contributed by atoms with Crippen molar-refractivity contribution < 1.29 is 41.4 Å². The van der Waals surface area contributed by atoms with Gasteiger partial charge in [-0.25, -0.2) is 31.4 Å². The smallest absolute Gasteiger partial charge is 0.335 e. The maximum atomic E-state index is 13.5. The van der Waals surface area contributed by atoms with Gasteiger partial charge in [-0.3, -0.25) is 4.79 Å². The Morgan fingerprint density at radius 3 is 2.18 bits per heavy atom. The first-order valence-corrected chi connectivity index (χ1v) is 9.31. The number of rotatable bonds is 7. The fraction of sp³-hybridized carbons (Fsp3) is 0.190. The summed E-state index contributed by atoms with van der Waals surface area (Å²) in [5.41, 5.74) is -1.15. The fourth-order valence-corrected chi connectivity index (χ4v) is 2.98. The van der Waals surface area contributed by atoms with Crippen molar-refractivity contribution in [3.63, 3.8) is 0 Å². The Morgan fingerprint density at radius 1 is 1.09 bits per heavy atom. The molecule has 174 valence electrons. The van der Waals surface area contributed by atoms with Gasteiger partial charge in [-0.15, -0.1) is 0 Å². The summed E-state index contributed by atoms with van der Waals surface area (Å²) in [6, 6.07) is 5.71. The van der Waals surface area contributed by atoms with Crippen molar-refractivity contribution in [3.8, 4) is 11.6 Å². The third-order valence-electron chi connectivity index (χ3n) is 4.63. The standard InChI is InChI=1S/C21H16F5N3O4/c1-9(10-3-5-11(6-4-10)21(31)32)27-19(30)15-17(18(25)26)28-29(2)20(15)33-12-7-13(22)16(24)14(23)8-12/h3-9,18H,1-2H3,(H,27,30)(H,31,32). The first-order chi connectivity index (χ1) is 15.5. The number of alkyl halides is 2. The van der Waals surface area contributed by atoms with Crippen LogP contribution in [0.4, 0.5) is 22.0 Å². The van der Waals surface area contributed by atoms with Crippen molar-refractivity contribution >= 4 is 11.9 Å². The molecule has 3 aromatic rings. The zero-order valence-corrected chi connectivity index (χ0v) is 17.1. The first kappa shape index (κ1) is 23.7. The SMILES string of the molecule is CC(NC(=O)c1c(C(F)F)nn(C)c1Oc1cc(F)c(F)c(F)c1)c1ccc(C(=O)O)cc1. The normalized spacial score (nSPS) is 12.0. The molecule has 1 amide bonds. The number of amides is 1. The van der Waals surface area contributed by atoms with E-state index in [1.807, 2.05) is 0 Å². The maximum Gasteiger partial charge on any atom is 0.335 e. The third-order valence-corrected chi connectivity index (χ3v) is 4.63. The van der Waals surface area contributed by atoms with Crippen LogP contribution in [0.15, 0.2) is 36.4 Å². The molecule has 3 rings (SSSR count). The lowest BCUT2D eigenvalue weighted by atomic mass is 10.1.